The van der Waals surface area contributed by atoms with Crippen LogP contribution in [-0.4, -0.2) is 34.5 Å². The van der Waals surface area contributed by atoms with Gasteiger partial charge < -0.3 is 20.5 Å². The molecule has 0 aliphatic carbocycles. The molecule has 0 saturated carbocycles. The zero-order valence-electron chi connectivity index (χ0n) is 15.6. The summed E-state index contributed by atoms with van der Waals surface area (Å²) >= 11 is 12.1. The molecule has 0 fully saturated rings. The Kier molecular flexibility index (Phi) is 7.94. The molecule has 2 aromatic heterocycles. The molecule has 0 aliphatic heterocycles. The Balaban J connectivity index is 1.86. The number of aliphatic imine (C=N–C) groups is 1. The van der Waals surface area contributed by atoms with E-state index < -0.39 is 0 Å². The molecule has 0 aliphatic rings. The van der Waals surface area contributed by atoms with Crippen molar-refractivity contribution in [3.8, 4) is 0 Å². The third-order valence-electron chi connectivity index (χ3n) is 3.76. The fourth-order valence-electron chi connectivity index (χ4n) is 2.35. The predicted molar refractivity (Wildman–Crippen MR) is 110 cm³/mol. The van der Waals surface area contributed by atoms with Crippen LogP contribution in [0.25, 0.3) is 0 Å². The summed E-state index contributed by atoms with van der Waals surface area (Å²) in [5.74, 6) is 1.06. The number of aryl methyl sites for hydroxylation is 1. The van der Waals surface area contributed by atoms with Gasteiger partial charge in [-0.1, -0.05) is 29.3 Å². The zero-order chi connectivity index (χ0) is 19.8. The van der Waals surface area contributed by atoms with Gasteiger partial charge in [-0.25, -0.2) is 9.98 Å². The van der Waals surface area contributed by atoms with Crippen molar-refractivity contribution in [3.05, 3.63) is 45.8 Å². The Morgan fingerprint density at radius 3 is 2.70 bits per heavy atom. The minimum Gasteiger partial charge on any atom is -0.357 e. The molecule has 0 aromatic carbocycles. The van der Waals surface area contributed by atoms with Gasteiger partial charge >= 0.3 is 0 Å². The lowest BCUT2D eigenvalue weighted by Gasteiger charge is -2.11. The van der Waals surface area contributed by atoms with Gasteiger partial charge in [0.25, 0.3) is 0 Å². The van der Waals surface area contributed by atoms with Crippen LogP contribution in [0.5, 0.6) is 0 Å². The van der Waals surface area contributed by atoms with E-state index in [0.717, 1.165) is 11.4 Å². The molecule has 0 radical (unpaired) electrons. The fourth-order valence-corrected chi connectivity index (χ4v) is 2.77. The Hall–Kier alpha value is -2.25. The van der Waals surface area contributed by atoms with Crippen molar-refractivity contribution in [2.24, 2.45) is 12.0 Å². The Labute approximate surface area is 169 Å². The van der Waals surface area contributed by atoms with Gasteiger partial charge in [-0.2, -0.15) is 0 Å². The molecule has 7 nitrogen and oxygen atoms in total. The van der Waals surface area contributed by atoms with E-state index in [9.17, 15) is 4.79 Å². The first kappa shape index (κ1) is 21.1. The molecule has 2 heterocycles. The van der Waals surface area contributed by atoms with Gasteiger partial charge in [-0.05, 0) is 32.0 Å². The highest BCUT2D eigenvalue weighted by atomic mass is 35.5. The molecular weight excluding hydrogens is 387 g/mol. The van der Waals surface area contributed by atoms with E-state index in [0.29, 0.717) is 48.0 Å². The van der Waals surface area contributed by atoms with Crippen LogP contribution in [0.2, 0.25) is 10.2 Å². The topological polar surface area (TPSA) is 83.3 Å². The number of amides is 1. The number of nitrogens with one attached hydrogen (secondary N) is 3. The number of halogens is 2. The number of nitrogens with zero attached hydrogens (tertiary/aromatic N) is 3. The average molecular weight is 411 g/mol. The lowest BCUT2D eigenvalue weighted by atomic mass is 10.3. The summed E-state index contributed by atoms with van der Waals surface area (Å²) in [7, 11) is 1.84. The van der Waals surface area contributed by atoms with Gasteiger partial charge in [-0.3, -0.25) is 4.79 Å². The molecule has 146 valence electrons. The van der Waals surface area contributed by atoms with Crippen molar-refractivity contribution in [1.29, 1.82) is 0 Å². The van der Waals surface area contributed by atoms with Crippen LogP contribution in [0.1, 0.15) is 24.7 Å². The summed E-state index contributed by atoms with van der Waals surface area (Å²) in [6.45, 7) is 5.42. The highest BCUT2D eigenvalue weighted by Crippen LogP contribution is 2.25. The van der Waals surface area contributed by atoms with E-state index >= 15 is 0 Å². The van der Waals surface area contributed by atoms with Crippen LogP contribution in [0.4, 0.5) is 5.82 Å². The van der Waals surface area contributed by atoms with Crippen molar-refractivity contribution >= 4 is 40.9 Å². The number of hydrogen-bond acceptors (Lipinski definition) is 3. The second-order valence-corrected chi connectivity index (χ2v) is 6.68. The Morgan fingerprint density at radius 1 is 1.30 bits per heavy atom. The van der Waals surface area contributed by atoms with Gasteiger partial charge in [0, 0.05) is 37.9 Å². The number of carbonyl (C=O) groups excluding carboxylic acids is 1. The lowest BCUT2D eigenvalue weighted by molar-refractivity contribution is -0.116. The molecule has 0 saturated heterocycles. The first-order chi connectivity index (χ1) is 12.9. The molecule has 0 bridgehead atoms. The SMILES string of the molecule is CCNC(=NCc1cc(Cl)c(Cl)n1C)NCCC(=O)Nc1cccc(C)n1. The molecule has 0 unspecified atom stereocenters. The minimum absolute atomic E-state index is 0.113. The molecular formula is C18H24Cl2N6O. The fraction of sp³-hybridized carbons (Fsp3) is 0.389. The molecule has 0 atom stereocenters. The Bertz CT molecular complexity index is 818. The van der Waals surface area contributed by atoms with Gasteiger partial charge in [-0.15, -0.1) is 0 Å². The molecule has 0 spiro atoms. The first-order valence-electron chi connectivity index (χ1n) is 8.66. The number of rotatable bonds is 7. The molecule has 2 rings (SSSR count). The maximum Gasteiger partial charge on any atom is 0.227 e. The largest absolute Gasteiger partial charge is 0.357 e. The maximum absolute atomic E-state index is 12.0. The van der Waals surface area contributed by atoms with Crippen molar-refractivity contribution < 1.29 is 4.79 Å². The van der Waals surface area contributed by atoms with Crippen LogP contribution in [0, 0.1) is 6.92 Å². The minimum atomic E-state index is -0.113. The summed E-state index contributed by atoms with van der Waals surface area (Å²) in [6, 6.07) is 7.29. The van der Waals surface area contributed by atoms with Crippen molar-refractivity contribution in [2.45, 2.75) is 26.8 Å². The summed E-state index contributed by atoms with van der Waals surface area (Å²) < 4.78 is 1.79. The van der Waals surface area contributed by atoms with Gasteiger partial charge in [0.1, 0.15) is 11.0 Å². The molecule has 1 amide bonds. The monoisotopic (exact) mass is 410 g/mol. The summed E-state index contributed by atoms with van der Waals surface area (Å²) in [5, 5.41) is 10.1. The number of aromatic nitrogens is 2. The van der Waals surface area contributed by atoms with Gasteiger partial charge in [0.2, 0.25) is 5.91 Å². The molecule has 2 aromatic rings. The normalized spacial score (nSPS) is 11.4. The number of pyridine rings is 1. The third kappa shape index (κ3) is 6.45. The van der Waals surface area contributed by atoms with Crippen LogP contribution in [-0.2, 0) is 18.4 Å². The van der Waals surface area contributed by atoms with E-state index in [1.165, 1.54) is 0 Å². The van der Waals surface area contributed by atoms with E-state index in [-0.39, 0.29) is 5.91 Å². The number of anilines is 1. The first-order valence-corrected chi connectivity index (χ1v) is 9.41. The Morgan fingerprint density at radius 2 is 2.07 bits per heavy atom. The van der Waals surface area contributed by atoms with Crippen molar-refractivity contribution in [3.63, 3.8) is 0 Å². The van der Waals surface area contributed by atoms with E-state index in [2.05, 4.69) is 25.9 Å². The second-order valence-electron chi connectivity index (χ2n) is 5.92. The molecule has 3 N–H and O–H groups in total. The summed E-state index contributed by atoms with van der Waals surface area (Å²) in [4.78, 5) is 20.8. The highest BCUT2D eigenvalue weighted by Gasteiger charge is 2.09. The number of carbonyl (C=O) groups is 1. The van der Waals surface area contributed by atoms with E-state index in [1.807, 2.05) is 33.0 Å². The lowest BCUT2D eigenvalue weighted by Crippen LogP contribution is -2.38. The summed E-state index contributed by atoms with van der Waals surface area (Å²) in [6.07, 6.45) is 0.293. The molecule has 9 heteroatoms. The highest BCUT2D eigenvalue weighted by molar-refractivity contribution is 6.41. The van der Waals surface area contributed by atoms with Crippen LogP contribution < -0.4 is 16.0 Å². The van der Waals surface area contributed by atoms with Gasteiger partial charge in [0.15, 0.2) is 5.96 Å². The summed E-state index contributed by atoms with van der Waals surface area (Å²) in [5.41, 5.74) is 1.75. The number of hydrogen-bond donors (Lipinski definition) is 3. The smallest absolute Gasteiger partial charge is 0.227 e. The second kappa shape index (κ2) is 10.2. The molecule has 27 heavy (non-hydrogen) atoms. The predicted octanol–water partition coefficient (Wildman–Crippen LogP) is 3.12. The van der Waals surface area contributed by atoms with Crippen molar-refractivity contribution in [1.82, 2.24) is 20.2 Å². The van der Waals surface area contributed by atoms with E-state index in [4.69, 9.17) is 23.2 Å². The third-order valence-corrected chi connectivity index (χ3v) is 4.60. The van der Waals surface area contributed by atoms with Crippen LogP contribution >= 0.6 is 23.2 Å². The van der Waals surface area contributed by atoms with Crippen LogP contribution in [0.15, 0.2) is 29.3 Å². The quantitative estimate of drug-likeness (QED) is 0.483. The maximum atomic E-state index is 12.0. The van der Waals surface area contributed by atoms with E-state index in [1.54, 1.807) is 16.7 Å². The van der Waals surface area contributed by atoms with Gasteiger partial charge in [0.05, 0.1) is 11.6 Å². The number of guanidine groups is 1. The standard InChI is InChI=1S/C18H24Cl2N6O/c1-4-21-18(23-11-13-10-14(19)17(20)26(13)3)22-9-8-16(27)25-15-7-5-6-12(2)24-15/h5-7,10H,4,8-9,11H2,1-3H3,(H2,21,22,23)(H,24,25,27). The zero-order valence-corrected chi connectivity index (χ0v) is 17.2. The average Bonchev–Trinajstić information content (AvgIpc) is 2.86. The van der Waals surface area contributed by atoms with Crippen LogP contribution in [0.3, 0.4) is 0 Å². The van der Waals surface area contributed by atoms with Crippen molar-refractivity contribution in [2.75, 3.05) is 18.4 Å².